The number of amides is 1. The molecule has 1 aromatic rings. The largest absolute Gasteiger partial charge is 0.356 e. The number of benzene rings is 1. The molecule has 1 aromatic carbocycles. The molecule has 1 aliphatic rings. The van der Waals surface area contributed by atoms with Crippen LogP contribution in [0.2, 0.25) is 0 Å². The number of carbonyl (C=O) groups excluding carboxylic acids is 1. The molecule has 1 N–H and O–H groups in total. The van der Waals surface area contributed by atoms with Gasteiger partial charge in [-0.15, -0.1) is 0 Å². The third-order valence-electron chi connectivity index (χ3n) is 3.30. The third kappa shape index (κ3) is 3.32. The van der Waals surface area contributed by atoms with Crippen LogP contribution in [0.3, 0.4) is 0 Å². The van der Waals surface area contributed by atoms with Gasteiger partial charge in [0.2, 0.25) is 0 Å². The van der Waals surface area contributed by atoms with E-state index >= 15 is 0 Å². The molecule has 0 spiro atoms. The van der Waals surface area contributed by atoms with Crippen LogP contribution in [-0.2, 0) is 14.2 Å². The van der Waals surface area contributed by atoms with Crippen LogP contribution in [0.1, 0.15) is 23.2 Å². The van der Waals surface area contributed by atoms with Gasteiger partial charge in [-0.05, 0) is 12.1 Å². The second-order valence-electron chi connectivity index (χ2n) is 4.49. The Morgan fingerprint density at radius 2 is 2.16 bits per heavy atom. The number of ether oxygens (including phenoxy) is 3. The molecular weight excluding hydrogens is 246 g/mol. The van der Waals surface area contributed by atoms with Crippen molar-refractivity contribution in [1.82, 2.24) is 5.32 Å². The van der Waals surface area contributed by atoms with Crippen LogP contribution in [0.4, 0.5) is 0 Å². The molecule has 0 bridgehead atoms. The topological polar surface area (TPSA) is 56.8 Å². The molecule has 0 aromatic heterocycles. The van der Waals surface area contributed by atoms with E-state index < -0.39 is 5.79 Å². The SMILES string of the molecule is COC1CCC(CNC(=O)c2ccccc2)(OC)O1. The van der Waals surface area contributed by atoms with Gasteiger partial charge in [-0.3, -0.25) is 4.79 Å². The molecule has 2 atom stereocenters. The van der Waals surface area contributed by atoms with Gasteiger partial charge in [-0.25, -0.2) is 0 Å². The van der Waals surface area contributed by atoms with Crippen LogP contribution in [0.5, 0.6) is 0 Å². The van der Waals surface area contributed by atoms with Gasteiger partial charge >= 0.3 is 0 Å². The van der Waals surface area contributed by atoms with E-state index in [0.717, 1.165) is 6.42 Å². The van der Waals surface area contributed by atoms with Crippen LogP contribution in [0, 0.1) is 0 Å². The van der Waals surface area contributed by atoms with Crippen LogP contribution in [0.15, 0.2) is 30.3 Å². The fourth-order valence-electron chi connectivity index (χ4n) is 2.12. The Hall–Kier alpha value is -1.43. The summed E-state index contributed by atoms with van der Waals surface area (Å²) in [5.41, 5.74) is 0.620. The molecule has 1 amide bonds. The van der Waals surface area contributed by atoms with Crippen molar-refractivity contribution >= 4 is 5.91 Å². The molecule has 19 heavy (non-hydrogen) atoms. The second kappa shape index (κ2) is 6.14. The maximum absolute atomic E-state index is 12.0. The zero-order valence-electron chi connectivity index (χ0n) is 11.2. The molecule has 104 valence electrons. The summed E-state index contributed by atoms with van der Waals surface area (Å²) in [6.07, 6.45) is 1.18. The van der Waals surface area contributed by atoms with Gasteiger partial charge in [-0.2, -0.15) is 0 Å². The summed E-state index contributed by atoms with van der Waals surface area (Å²) in [5.74, 6) is -0.924. The Morgan fingerprint density at radius 3 is 2.74 bits per heavy atom. The van der Waals surface area contributed by atoms with E-state index in [4.69, 9.17) is 14.2 Å². The smallest absolute Gasteiger partial charge is 0.251 e. The standard InChI is InChI=1S/C14H19NO4/c1-17-12-8-9-14(18-2,19-12)10-15-13(16)11-6-4-3-5-7-11/h3-7,12H,8-10H2,1-2H3,(H,15,16). The van der Waals surface area contributed by atoms with Gasteiger partial charge in [0.25, 0.3) is 5.91 Å². The lowest BCUT2D eigenvalue weighted by Gasteiger charge is -2.27. The highest BCUT2D eigenvalue weighted by Crippen LogP contribution is 2.30. The average molecular weight is 265 g/mol. The van der Waals surface area contributed by atoms with Crippen molar-refractivity contribution in [3.05, 3.63) is 35.9 Å². The molecule has 1 heterocycles. The average Bonchev–Trinajstić information content (AvgIpc) is 2.90. The monoisotopic (exact) mass is 265 g/mol. The third-order valence-corrected chi connectivity index (χ3v) is 3.30. The van der Waals surface area contributed by atoms with Crippen molar-refractivity contribution in [2.75, 3.05) is 20.8 Å². The van der Waals surface area contributed by atoms with Crippen molar-refractivity contribution in [3.8, 4) is 0 Å². The molecule has 2 rings (SSSR count). The Bertz CT molecular complexity index is 423. The minimum atomic E-state index is -0.787. The lowest BCUT2D eigenvalue weighted by molar-refractivity contribution is -0.252. The molecule has 1 saturated heterocycles. The van der Waals surface area contributed by atoms with E-state index in [1.165, 1.54) is 0 Å². The number of methoxy groups -OCH3 is 2. The van der Waals surface area contributed by atoms with Gasteiger partial charge in [0.15, 0.2) is 12.1 Å². The van der Waals surface area contributed by atoms with Crippen molar-refractivity contribution in [2.45, 2.75) is 24.9 Å². The van der Waals surface area contributed by atoms with Gasteiger partial charge in [-0.1, -0.05) is 18.2 Å². The summed E-state index contributed by atoms with van der Waals surface area (Å²) in [6.45, 7) is 0.303. The van der Waals surface area contributed by atoms with Gasteiger partial charge in [0, 0.05) is 32.6 Å². The Kier molecular flexibility index (Phi) is 4.52. The molecule has 5 heteroatoms. The fraction of sp³-hybridized carbons (Fsp3) is 0.500. The van der Waals surface area contributed by atoms with E-state index in [0.29, 0.717) is 18.5 Å². The van der Waals surface area contributed by atoms with E-state index in [1.807, 2.05) is 18.2 Å². The highest BCUT2D eigenvalue weighted by molar-refractivity contribution is 5.94. The van der Waals surface area contributed by atoms with Crippen molar-refractivity contribution < 1.29 is 19.0 Å². The summed E-state index contributed by atoms with van der Waals surface area (Å²) >= 11 is 0. The summed E-state index contributed by atoms with van der Waals surface area (Å²) in [7, 11) is 3.17. The molecule has 0 radical (unpaired) electrons. The van der Waals surface area contributed by atoms with Crippen molar-refractivity contribution in [3.63, 3.8) is 0 Å². The summed E-state index contributed by atoms with van der Waals surface area (Å²) in [6, 6.07) is 9.06. The number of hydrogen-bond acceptors (Lipinski definition) is 4. The van der Waals surface area contributed by atoms with E-state index in [2.05, 4.69) is 5.32 Å². The number of nitrogens with one attached hydrogen (secondary N) is 1. The molecule has 1 aliphatic heterocycles. The van der Waals surface area contributed by atoms with E-state index in [9.17, 15) is 4.79 Å². The second-order valence-corrected chi connectivity index (χ2v) is 4.49. The molecular formula is C14H19NO4. The van der Waals surface area contributed by atoms with Gasteiger partial charge in [0.05, 0.1) is 6.54 Å². The first-order chi connectivity index (χ1) is 9.19. The Labute approximate surface area is 112 Å². The maximum atomic E-state index is 12.0. The zero-order chi connectivity index (χ0) is 13.7. The van der Waals surface area contributed by atoms with Crippen LogP contribution in [0.25, 0.3) is 0 Å². The van der Waals surface area contributed by atoms with Crippen LogP contribution >= 0.6 is 0 Å². The number of carbonyl (C=O) groups is 1. The maximum Gasteiger partial charge on any atom is 0.251 e. The van der Waals surface area contributed by atoms with Crippen LogP contribution in [-0.4, -0.2) is 38.7 Å². The highest BCUT2D eigenvalue weighted by atomic mass is 16.8. The van der Waals surface area contributed by atoms with Gasteiger partial charge < -0.3 is 19.5 Å². The predicted molar refractivity (Wildman–Crippen MR) is 69.6 cm³/mol. The quantitative estimate of drug-likeness (QED) is 0.877. The first-order valence-corrected chi connectivity index (χ1v) is 6.28. The Balaban J connectivity index is 1.92. The molecule has 1 fully saturated rings. The number of rotatable bonds is 5. The fourth-order valence-corrected chi connectivity index (χ4v) is 2.12. The normalized spacial score (nSPS) is 26.3. The zero-order valence-corrected chi connectivity index (χ0v) is 11.2. The number of hydrogen-bond donors (Lipinski definition) is 1. The molecule has 0 saturated carbocycles. The summed E-state index contributed by atoms with van der Waals surface area (Å²) < 4.78 is 16.2. The lowest BCUT2D eigenvalue weighted by atomic mass is 10.1. The van der Waals surface area contributed by atoms with Crippen molar-refractivity contribution in [2.24, 2.45) is 0 Å². The predicted octanol–water partition coefficient (Wildman–Crippen LogP) is 1.54. The first-order valence-electron chi connectivity index (χ1n) is 6.28. The van der Waals surface area contributed by atoms with Crippen molar-refractivity contribution in [1.29, 1.82) is 0 Å². The Morgan fingerprint density at radius 1 is 1.42 bits per heavy atom. The lowest BCUT2D eigenvalue weighted by Crippen LogP contribution is -2.44. The van der Waals surface area contributed by atoms with E-state index in [-0.39, 0.29) is 12.2 Å². The summed E-state index contributed by atoms with van der Waals surface area (Å²) in [5, 5.41) is 2.83. The minimum absolute atomic E-state index is 0.138. The van der Waals surface area contributed by atoms with Crippen LogP contribution < -0.4 is 5.32 Å². The molecule has 2 unspecified atom stereocenters. The summed E-state index contributed by atoms with van der Waals surface area (Å²) in [4.78, 5) is 12.0. The van der Waals surface area contributed by atoms with E-state index in [1.54, 1.807) is 26.4 Å². The highest BCUT2D eigenvalue weighted by Gasteiger charge is 2.41. The first kappa shape index (κ1) is 14.0. The molecule has 0 aliphatic carbocycles. The molecule has 5 nitrogen and oxygen atoms in total. The minimum Gasteiger partial charge on any atom is -0.356 e. The van der Waals surface area contributed by atoms with Gasteiger partial charge in [0.1, 0.15) is 0 Å².